The van der Waals surface area contributed by atoms with Crippen LogP contribution in [0.3, 0.4) is 0 Å². The van der Waals surface area contributed by atoms with Gasteiger partial charge in [-0.05, 0) is 53.6 Å². The molecule has 3 aromatic rings. The summed E-state index contributed by atoms with van der Waals surface area (Å²) in [4.78, 5) is 12.0. The molecule has 0 spiro atoms. The molecule has 0 fully saturated rings. The van der Waals surface area contributed by atoms with Gasteiger partial charge in [0.1, 0.15) is 5.75 Å². The number of hydrogen-bond donors (Lipinski definition) is 3. The summed E-state index contributed by atoms with van der Waals surface area (Å²) in [5.41, 5.74) is 10.1. The van der Waals surface area contributed by atoms with Crippen LogP contribution in [0.2, 0.25) is 0 Å². The number of nitrogens with one attached hydrogen (secondary N) is 2. The average molecular weight is 373 g/mol. The molecule has 142 valence electrons. The normalized spacial score (nSPS) is 10.6. The maximum Gasteiger partial charge on any atom is 0.248 e. The molecule has 0 atom stereocenters. The van der Waals surface area contributed by atoms with E-state index in [0.29, 0.717) is 11.4 Å². The van der Waals surface area contributed by atoms with Gasteiger partial charge in [0.15, 0.2) is 0 Å². The number of para-hydroxylation sites is 2. The molecule has 0 radical (unpaired) electrons. The number of amides is 1. The Kier molecular flexibility index (Phi) is 6.31. The van der Waals surface area contributed by atoms with Gasteiger partial charge in [-0.2, -0.15) is 0 Å². The van der Waals surface area contributed by atoms with Gasteiger partial charge >= 0.3 is 0 Å². The van der Waals surface area contributed by atoms with Gasteiger partial charge in [-0.1, -0.05) is 36.4 Å². The predicted octanol–water partition coefficient (Wildman–Crippen LogP) is 4.54. The summed E-state index contributed by atoms with van der Waals surface area (Å²) < 4.78 is 5.16. The second-order valence-corrected chi connectivity index (χ2v) is 6.23. The van der Waals surface area contributed by atoms with Crippen LogP contribution in [-0.2, 0) is 11.3 Å². The summed E-state index contributed by atoms with van der Waals surface area (Å²) in [6, 6.07) is 23.0. The van der Waals surface area contributed by atoms with E-state index in [1.807, 2.05) is 60.7 Å². The van der Waals surface area contributed by atoms with E-state index in [4.69, 9.17) is 10.5 Å². The SMILES string of the molecule is COc1ccc(CNc2ccc(C=CC(=O)Nc3ccccc3N)cc2)cc1. The first-order chi connectivity index (χ1) is 13.6. The van der Waals surface area contributed by atoms with Crippen molar-refractivity contribution >= 4 is 29.0 Å². The molecule has 0 heterocycles. The number of rotatable bonds is 7. The van der Waals surface area contributed by atoms with Crippen LogP contribution in [0.4, 0.5) is 17.1 Å². The van der Waals surface area contributed by atoms with Gasteiger partial charge in [0, 0.05) is 18.3 Å². The maximum atomic E-state index is 12.0. The third-order valence-electron chi connectivity index (χ3n) is 4.21. The molecule has 0 aliphatic carbocycles. The third kappa shape index (κ3) is 5.38. The summed E-state index contributed by atoms with van der Waals surface area (Å²) in [5.74, 6) is 0.624. The van der Waals surface area contributed by atoms with Crippen LogP contribution in [0.25, 0.3) is 6.08 Å². The largest absolute Gasteiger partial charge is 0.497 e. The maximum absolute atomic E-state index is 12.0. The lowest BCUT2D eigenvalue weighted by Gasteiger charge is -2.08. The predicted molar refractivity (Wildman–Crippen MR) is 115 cm³/mol. The molecule has 0 unspecified atom stereocenters. The number of benzene rings is 3. The summed E-state index contributed by atoms with van der Waals surface area (Å²) in [6.07, 6.45) is 3.26. The summed E-state index contributed by atoms with van der Waals surface area (Å²) >= 11 is 0. The Morgan fingerprint density at radius 1 is 1.00 bits per heavy atom. The van der Waals surface area contributed by atoms with Crippen molar-refractivity contribution in [3.63, 3.8) is 0 Å². The summed E-state index contributed by atoms with van der Waals surface area (Å²) in [5, 5.41) is 6.14. The van der Waals surface area contributed by atoms with E-state index in [1.54, 1.807) is 25.3 Å². The number of hydrogen-bond acceptors (Lipinski definition) is 4. The number of nitrogens with two attached hydrogens (primary N) is 1. The fourth-order valence-electron chi connectivity index (χ4n) is 2.62. The lowest BCUT2D eigenvalue weighted by Crippen LogP contribution is -2.09. The second-order valence-electron chi connectivity index (χ2n) is 6.23. The summed E-state index contributed by atoms with van der Waals surface area (Å²) in [6.45, 7) is 0.722. The van der Waals surface area contributed by atoms with Crippen molar-refractivity contribution in [3.8, 4) is 5.75 Å². The first-order valence-electron chi connectivity index (χ1n) is 8.94. The van der Waals surface area contributed by atoms with E-state index < -0.39 is 0 Å². The Morgan fingerprint density at radius 2 is 1.71 bits per heavy atom. The molecule has 0 aromatic heterocycles. The number of carbonyl (C=O) groups excluding carboxylic acids is 1. The molecule has 3 aromatic carbocycles. The average Bonchev–Trinajstić information content (AvgIpc) is 2.73. The molecule has 5 nitrogen and oxygen atoms in total. The minimum atomic E-state index is -0.223. The molecule has 0 aliphatic rings. The topological polar surface area (TPSA) is 76.4 Å². The van der Waals surface area contributed by atoms with Gasteiger partial charge in [0.05, 0.1) is 18.5 Å². The quantitative estimate of drug-likeness (QED) is 0.420. The van der Waals surface area contributed by atoms with E-state index in [2.05, 4.69) is 10.6 Å². The highest BCUT2D eigenvalue weighted by Gasteiger charge is 2.01. The molecule has 4 N–H and O–H groups in total. The van der Waals surface area contributed by atoms with Crippen molar-refractivity contribution in [2.75, 3.05) is 23.5 Å². The minimum Gasteiger partial charge on any atom is -0.497 e. The molecule has 5 heteroatoms. The highest BCUT2D eigenvalue weighted by molar-refractivity contribution is 6.03. The van der Waals surface area contributed by atoms with Crippen LogP contribution in [0.5, 0.6) is 5.75 Å². The Balaban J connectivity index is 1.52. The smallest absolute Gasteiger partial charge is 0.248 e. The van der Waals surface area contributed by atoms with Crippen molar-refractivity contribution < 1.29 is 9.53 Å². The van der Waals surface area contributed by atoms with Gasteiger partial charge in [-0.15, -0.1) is 0 Å². The van der Waals surface area contributed by atoms with Gasteiger partial charge in [-0.3, -0.25) is 4.79 Å². The van der Waals surface area contributed by atoms with E-state index in [-0.39, 0.29) is 5.91 Å². The summed E-state index contributed by atoms with van der Waals surface area (Å²) in [7, 11) is 1.66. The fourth-order valence-corrected chi connectivity index (χ4v) is 2.62. The van der Waals surface area contributed by atoms with Crippen molar-refractivity contribution in [2.45, 2.75) is 6.54 Å². The molecule has 0 saturated heterocycles. The van der Waals surface area contributed by atoms with Gasteiger partial charge in [-0.25, -0.2) is 0 Å². The van der Waals surface area contributed by atoms with Crippen LogP contribution in [0.1, 0.15) is 11.1 Å². The van der Waals surface area contributed by atoms with Crippen molar-refractivity contribution in [1.82, 2.24) is 0 Å². The monoisotopic (exact) mass is 373 g/mol. The van der Waals surface area contributed by atoms with Crippen LogP contribution in [0.15, 0.2) is 78.9 Å². The number of ether oxygens (including phenoxy) is 1. The van der Waals surface area contributed by atoms with E-state index in [1.165, 1.54) is 11.6 Å². The standard InChI is InChI=1S/C23H23N3O2/c1-28-20-13-8-18(9-14-20)16-25-19-11-6-17(7-12-19)10-15-23(27)26-22-5-3-2-4-21(22)24/h2-15,25H,16,24H2,1H3,(H,26,27). The highest BCUT2D eigenvalue weighted by Crippen LogP contribution is 2.17. The minimum absolute atomic E-state index is 0.223. The van der Waals surface area contributed by atoms with Crippen LogP contribution >= 0.6 is 0 Å². The van der Waals surface area contributed by atoms with Crippen LogP contribution in [-0.4, -0.2) is 13.0 Å². The first kappa shape index (κ1) is 19.0. The molecule has 0 saturated carbocycles. The number of anilines is 3. The van der Waals surface area contributed by atoms with Crippen molar-refractivity contribution in [1.29, 1.82) is 0 Å². The Morgan fingerprint density at radius 3 is 2.39 bits per heavy atom. The molecular formula is C23H23N3O2. The Hall–Kier alpha value is -3.73. The number of carbonyl (C=O) groups is 1. The zero-order valence-electron chi connectivity index (χ0n) is 15.7. The molecule has 1 amide bonds. The van der Waals surface area contributed by atoms with E-state index in [0.717, 1.165) is 23.5 Å². The Bertz CT molecular complexity index is 948. The lowest BCUT2D eigenvalue weighted by molar-refractivity contribution is -0.111. The third-order valence-corrected chi connectivity index (χ3v) is 4.21. The molecular weight excluding hydrogens is 350 g/mol. The second kappa shape index (κ2) is 9.28. The molecule has 0 aliphatic heterocycles. The molecule has 28 heavy (non-hydrogen) atoms. The molecule has 3 rings (SSSR count). The fraction of sp³-hybridized carbons (Fsp3) is 0.0870. The zero-order chi connectivity index (χ0) is 19.8. The van der Waals surface area contributed by atoms with Gasteiger partial charge in [0.2, 0.25) is 5.91 Å². The number of methoxy groups -OCH3 is 1. The van der Waals surface area contributed by atoms with E-state index in [9.17, 15) is 4.79 Å². The number of nitrogen functional groups attached to an aromatic ring is 1. The lowest BCUT2D eigenvalue weighted by atomic mass is 10.1. The van der Waals surface area contributed by atoms with Crippen molar-refractivity contribution in [2.24, 2.45) is 0 Å². The Labute approximate surface area is 164 Å². The highest BCUT2D eigenvalue weighted by atomic mass is 16.5. The van der Waals surface area contributed by atoms with Crippen LogP contribution < -0.4 is 21.1 Å². The van der Waals surface area contributed by atoms with Crippen molar-refractivity contribution in [3.05, 3.63) is 90.0 Å². The van der Waals surface area contributed by atoms with Gasteiger partial charge in [0.25, 0.3) is 0 Å². The van der Waals surface area contributed by atoms with Gasteiger partial charge < -0.3 is 21.1 Å². The zero-order valence-corrected chi connectivity index (χ0v) is 15.7. The van der Waals surface area contributed by atoms with Crippen LogP contribution in [0, 0.1) is 0 Å². The molecule has 0 bridgehead atoms. The first-order valence-corrected chi connectivity index (χ1v) is 8.94. The van der Waals surface area contributed by atoms with E-state index >= 15 is 0 Å².